The minimum Gasteiger partial charge on any atom is -0.376 e. The number of carbonyl (C=O) groups is 1. The summed E-state index contributed by atoms with van der Waals surface area (Å²) in [5.41, 5.74) is 0.998. The first-order valence-electron chi connectivity index (χ1n) is 6.55. The van der Waals surface area contributed by atoms with Crippen molar-refractivity contribution in [2.75, 3.05) is 26.4 Å². The molecule has 2 rings (SSSR count). The maximum Gasteiger partial charge on any atom is 0.297 e. The molecular weight excluding hydrogens is 296 g/mol. The largest absolute Gasteiger partial charge is 0.376 e. The molecule has 1 saturated heterocycles. The highest BCUT2D eigenvalue weighted by Crippen LogP contribution is 2.14. The summed E-state index contributed by atoms with van der Waals surface area (Å²) in [7, 11) is -3.71. The number of aryl methyl sites for hydroxylation is 1. The lowest BCUT2D eigenvalue weighted by atomic mass is 10.2. The molecule has 1 atom stereocenters. The minimum atomic E-state index is -3.71. The molecule has 1 aliphatic heterocycles. The summed E-state index contributed by atoms with van der Waals surface area (Å²) in [6, 6.07) is 6.53. The zero-order valence-corrected chi connectivity index (χ0v) is 13.0. The maximum absolute atomic E-state index is 11.9. The molecule has 1 heterocycles. The molecule has 7 heteroatoms. The summed E-state index contributed by atoms with van der Waals surface area (Å²) >= 11 is 0. The molecule has 6 nitrogen and oxygen atoms in total. The molecule has 21 heavy (non-hydrogen) atoms. The van der Waals surface area contributed by atoms with E-state index in [2.05, 4.69) is 0 Å². The van der Waals surface area contributed by atoms with Gasteiger partial charge in [-0.2, -0.15) is 8.42 Å². The summed E-state index contributed by atoms with van der Waals surface area (Å²) in [4.78, 5) is 8.96. The molecule has 1 aromatic carbocycles. The van der Waals surface area contributed by atoms with Crippen molar-refractivity contribution in [3.8, 4) is 0 Å². The van der Waals surface area contributed by atoms with Gasteiger partial charge in [0.1, 0.15) is 12.4 Å². The van der Waals surface area contributed by atoms with Gasteiger partial charge < -0.3 is 14.3 Å². The summed E-state index contributed by atoms with van der Waals surface area (Å²) in [5, 5.41) is 0. The molecule has 0 aliphatic carbocycles. The Morgan fingerprint density at radius 2 is 1.90 bits per heavy atom. The van der Waals surface area contributed by atoms with Gasteiger partial charge in [0.25, 0.3) is 10.1 Å². The van der Waals surface area contributed by atoms with Gasteiger partial charge in [0.2, 0.25) is 0 Å². The van der Waals surface area contributed by atoms with Gasteiger partial charge in [-0.1, -0.05) is 17.7 Å². The van der Waals surface area contributed by atoms with Crippen molar-refractivity contribution in [2.24, 2.45) is 0 Å². The van der Waals surface area contributed by atoms with Gasteiger partial charge >= 0.3 is 0 Å². The van der Waals surface area contributed by atoms with Crippen LogP contribution >= 0.6 is 0 Å². The van der Waals surface area contributed by atoms with Crippen LogP contribution in [0.3, 0.4) is 0 Å². The molecule has 1 aromatic rings. The van der Waals surface area contributed by atoms with Crippen LogP contribution in [0.25, 0.3) is 0 Å². The Morgan fingerprint density at radius 3 is 2.43 bits per heavy atom. The fourth-order valence-electron chi connectivity index (χ4n) is 1.57. The standard InChI is InChI=1S/C12H16O5S.C2H4O/c1-10-2-4-12(5-3-10)18(13,14)17-9-11-8-15-6-7-16-11;1-2-3/h2-5,11H,6-9H2,1H3;2H,1H3/t11-;/m0./s1. The van der Waals surface area contributed by atoms with E-state index in [0.29, 0.717) is 19.8 Å². The number of benzene rings is 1. The van der Waals surface area contributed by atoms with Crippen molar-refractivity contribution in [1.82, 2.24) is 0 Å². The van der Waals surface area contributed by atoms with Gasteiger partial charge in [0.15, 0.2) is 0 Å². The molecular formula is C14H20O6S. The van der Waals surface area contributed by atoms with E-state index in [9.17, 15) is 8.42 Å². The molecule has 0 saturated carbocycles. The lowest BCUT2D eigenvalue weighted by Gasteiger charge is -2.22. The van der Waals surface area contributed by atoms with Gasteiger partial charge in [0, 0.05) is 0 Å². The van der Waals surface area contributed by atoms with Gasteiger partial charge in [0.05, 0.1) is 31.3 Å². The zero-order chi connectivity index (χ0) is 15.7. The smallest absolute Gasteiger partial charge is 0.297 e. The maximum atomic E-state index is 11.9. The monoisotopic (exact) mass is 316 g/mol. The summed E-state index contributed by atoms with van der Waals surface area (Å²) in [6.45, 7) is 4.70. The van der Waals surface area contributed by atoms with Crippen LogP contribution in [0.5, 0.6) is 0 Å². The average molecular weight is 316 g/mol. The van der Waals surface area contributed by atoms with E-state index in [1.807, 2.05) is 6.92 Å². The molecule has 0 N–H and O–H groups in total. The molecule has 0 unspecified atom stereocenters. The minimum absolute atomic E-state index is 0.0176. The van der Waals surface area contributed by atoms with E-state index in [4.69, 9.17) is 18.5 Å². The van der Waals surface area contributed by atoms with Gasteiger partial charge in [-0.05, 0) is 26.0 Å². The number of carbonyl (C=O) groups excluding carboxylic acids is 1. The van der Waals surface area contributed by atoms with Gasteiger partial charge in [-0.25, -0.2) is 0 Å². The Kier molecular flexibility index (Phi) is 7.52. The van der Waals surface area contributed by atoms with E-state index >= 15 is 0 Å². The third-order valence-electron chi connectivity index (χ3n) is 2.60. The predicted molar refractivity (Wildman–Crippen MR) is 76.6 cm³/mol. The Morgan fingerprint density at radius 1 is 1.29 bits per heavy atom. The third kappa shape index (κ3) is 6.34. The van der Waals surface area contributed by atoms with Crippen LogP contribution < -0.4 is 0 Å². The van der Waals surface area contributed by atoms with E-state index in [1.165, 1.54) is 19.1 Å². The van der Waals surface area contributed by atoms with E-state index in [0.717, 1.165) is 11.8 Å². The van der Waals surface area contributed by atoms with E-state index < -0.39 is 10.1 Å². The fourth-order valence-corrected chi connectivity index (χ4v) is 2.51. The topological polar surface area (TPSA) is 78.9 Å². The average Bonchev–Trinajstić information content (AvgIpc) is 2.48. The molecule has 0 aromatic heterocycles. The Labute approximate surface area is 125 Å². The summed E-state index contributed by atoms with van der Waals surface area (Å²) in [5.74, 6) is 0. The number of ether oxygens (including phenoxy) is 2. The molecule has 1 fully saturated rings. The first kappa shape index (κ1) is 17.8. The lowest BCUT2D eigenvalue weighted by molar-refractivity contribution is -0.106. The number of rotatable bonds is 4. The third-order valence-corrected chi connectivity index (χ3v) is 3.90. The van der Waals surface area contributed by atoms with Crippen LogP contribution in [-0.4, -0.2) is 47.2 Å². The lowest BCUT2D eigenvalue weighted by Crippen LogP contribution is -2.33. The quantitative estimate of drug-likeness (QED) is 0.616. The van der Waals surface area contributed by atoms with Crippen LogP contribution in [-0.2, 0) is 28.6 Å². The van der Waals surface area contributed by atoms with Crippen LogP contribution in [0.4, 0.5) is 0 Å². The van der Waals surface area contributed by atoms with Crippen LogP contribution in [0.15, 0.2) is 29.2 Å². The predicted octanol–water partition coefficient (Wildman–Crippen LogP) is 1.32. The first-order chi connectivity index (χ1) is 9.99. The van der Waals surface area contributed by atoms with Gasteiger partial charge in [-0.3, -0.25) is 4.18 Å². The van der Waals surface area contributed by atoms with Crippen molar-refractivity contribution in [2.45, 2.75) is 24.8 Å². The Hall–Kier alpha value is -1.28. The Balaban J connectivity index is 0.000000677. The highest BCUT2D eigenvalue weighted by molar-refractivity contribution is 7.86. The van der Waals surface area contributed by atoms with Crippen molar-refractivity contribution >= 4 is 16.4 Å². The first-order valence-corrected chi connectivity index (χ1v) is 7.95. The molecule has 0 bridgehead atoms. The zero-order valence-electron chi connectivity index (χ0n) is 12.2. The van der Waals surface area contributed by atoms with Crippen LogP contribution in [0, 0.1) is 6.92 Å². The van der Waals surface area contributed by atoms with E-state index in [1.54, 1.807) is 12.1 Å². The molecule has 0 radical (unpaired) electrons. The van der Waals surface area contributed by atoms with Crippen LogP contribution in [0.2, 0.25) is 0 Å². The highest BCUT2D eigenvalue weighted by Gasteiger charge is 2.20. The second-order valence-corrected chi connectivity index (χ2v) is 5.97. The molecule has 1 aliphatic rings. The Bertz CT molecular complexity index is 517. The SMILES string of the molecule is CC=O.Cc1ccc(S(=O)(=O)OC[C@@H]2COCCO2)cc1. The number of hydrogen-bond acceptors (Lipinski definition) is 6. The summed E-state index contributed by atoms with van der Waals surface area (Å²) < 4.78 is 39.2. The van der Waals surface area contributed by atoms with E-state index in [-0.39, 0.29) is 17.6 Å². The molecule has 118 valence electrons. The number of aldehydes is 1. The molecule has 0 amide bonds. The van der Waals surface area contributed by atoms with Crippen molar-refractivity contribution in [1.29, 1.82) is 0 Å². The molecule has 0 spiro atoms. The summed E-state index contributed by atoms with van der Waals surface area (Å²) in [6.07, 6.45) is 0.430. The second-order valence-electron chi connectivity index (χ2n) is 4.36. The number of hydrogen-bond donors (Lipinski definition) is 0. The highest BCUT2D eigenvalue weighted by atomic mass is 32.2. The normalized spacial score (nSPS) is 18.5. The van der Waals surface area contributed by atoms with Crippen molar-refractivity contribution in [3.63, 3.8) is 0 Å². The fraction of sp³-hybridized carbons (Fsp3) is 0.500. The second kappa shape index (κ2) is 8.89. The van der Waals surface area contributed by atoms with Crippen molar-refractivity contribution in [3.05, 3.63) is 29.8 Å². The van der Waals surface area contributed by atoms with Gasteiger partial charge in [-0.15, -0.1) is 0 Å². The van der Waals surface area contributed by atoms with Crippen molar-refractivity contribution < 1.29 is 26.9 Å². The van der Waals surface area contributed by atoms with Crippen LogP contribution in [0.1, 0.15) is 12.5 Å².